The van der Waals surface area contributed by atoms with Gasteiger partial charge in [0.1, 0.15) is 5.82 Å². The zero-order valence-corrected chi connectivity index (χ0v) is 17.7. The zero-order chi connectivity index (χ0) is 21.1. The summed E-state index contributed by atoms with van der Waals surface area (Å²) in [4.78, 5) is 21.6. The molecule has 0 spiro atoms. The summed E-state index contributed by atoms with van der Waals surface area (Å²) >= 11 is 6.01. The predicted octanol–water partition coefficient (Wildman–Crippen LogP) is 2.69. The average Bonchev–Trinajstić information content (AvgIpc) is 2.73. The van der Waals surface area contributed by atoms with E-state index in [-0.39, 0.29) is 5.56 Å². The predicted molar refractivity (Wildman–Crippen MR) is 119 cm³/mol. The SMILES string of the molecule is O=c1[nH]c(CN2CCN(S(=O)(=O)C=Cc3ccccc3)CC2)nc2cc(Cl)ccc12. The second-order valence-corrected chi connectivity index (χ2v) is 9.36. The standard InChI is InChI=1S/C21H21ClN4O3S/c22-17-6-7-18-19(14-17)23-20(24-21(18)27)15-25-9-11-26(12-10-25)30(28,29)13-8-16-4-2-1-3-5-16/h1-8,13-14H,9-12,15H2,(H,23,24,27). The third-order valence-electron chi connectivity index (χ3n) is 5.01. The first-order valence-electron chi connectivity index (χ1n) is 9.55. The fourth-order valence-corrected chi connectivity index (χ4v) is 4.74. The van der Waals surface area contributed by atoms with Gasteiger partial charge in [0.05, 0.1) is 17.4 Å². The molecule has 1 N–H and O–H groups in total. The van der Waals surface area contributed by atoms with Crippen LogP contribution in [-0.2, 0) is 16.6 Å². The number of benzene rings is 2. The second-order valence-electron chi connectivity index (χ2n) is 7.11. The average molecular weight is 445 g/mol. The van der Waals surface area contributed by atoms with Gasteiger partial charge in [0.15, 0.2) is 0 Å². The number of hydrogen-bond donors (Lipinski definition) is 1. The minimum absolute atomic E-state index is 0.209. The largest absolute Gasteiger partial charge is 0.309 e. The van der Waals surface area contributed by atoms with Gasteiger partial charge in [-0.15, -0.1) is 0 Å². The number of rotatable bonds is 5. The third-order valence-corrected chi connectivity index (χ3v) is 6.81. The van der Waals surface area contributed by atoms with Gasteiger partial charge in [0, 0.05) is 36.6 Å². The summed E-state index contributed by atoms with van der Waals surface area (Å²) in [6.45, 7) is 2.30. The number of piperazine rings is 1. The number of aromatic nitrogens is 2. The molecule has 156 valence electrons. The monoisotopic (exact) mass is 444 g/mol. The second kappa shape index (κ2) is 8.69. The Morgan fingerprint density at radius 1 is 1.07 bits per heavy atom. The van der Waals surface area contributed by atoms with Crippen molar-refractivity contribution in [1.82, 2.24) is 19.2 Å². The maximum atomic E-state index is 12.6. The summed E-state index contributed by atoms with van der Waals surface area (Å²) < 4.78 is 26.7. The Bertz CT molecular complexity index is 1230. The van der Waals surface area contributed by atoms with Gasteiger partial charge >= 0.3 is 0 Å². The van der Waals surface area contributed by atoms with Crippen LogP contribution in [0, 0.1) is 0 Å². The molecule has 1 saturated heterocycles. The number of H-pyrrole nitrogens is 1. The van der Waals surface area contributed by atoms with E-state index in [1.807, 2.05) is 30.3 Å². The smallest absolute Gasteiger partial charge is 0.258 e. The zero-order valence-electron chi connectivity index (χ0n) is 16.2. The molecule has 4 rings (SSSR count). The van der Waals surface area contributed by atoms with Crippen molar-refractivity contribution in [2.24, 2.45) is 0 Å². The van der Waals surface area contributed by atoms with Crippen LogP contribution in [0.2, 0.25) is 5.02 Å². The molecule has 0 radical (unpaired) electrons. The summed E-state index contributed by atoms with van der Waals surface area (Å²) in [5, 5.41) is 2.27. The van der Waals surface area contributed by atoms with E-state index in [9.17, 15) is 13.2 Å². The lowest BCUT2D eigenvalue weighted by atomic mass is 10.2. The molecule has 0 bridgehead atoms. The highest BCUT2D eigenvalue weighted by Gasteiger charge is 2.25. The maximum absolute atomic E-state index is 12.6. The summed E-state index contributed by atoms with van der Waals surface area (Å²) in [6, 6.07) is 14.3. The molecule has 2 aromatic carbocycles. The van der Waals surface area contributed by atoms with E-state index in [1.54, 1.807) is 24.3 Å². The number of halogens is 1. The number of fused-ring (bicyclic) bond motifs is 1. The number of hydrogen-bond acceptors (Lipinski definition) is 5. The lowest BCUT2D eigenvalue weighted by molar-refractivity contribution is 0.179. The number of nitrogens with zero attached hydrogens (tertiary/aromatic N) is 3. The molecule has 1 aliphatic rings. The molecular weight excluding hydrogens is 424 g/mol. The van der Waals surface area contributed by atoms with Gasteiger partial charge in [-0.25, -0.2) is 13.4 Å². The Labute approximate surface area is 179 Å². The molecular formula is C21H21ClN4O3S. The molecule has 7 nitrogen and oxygen atoms in total. The van der Waals surface area contributed by atoms with Gasteiger partial charge in [-0.05, 0) is 29.8 Å². The molecule has 3 aromatic rings. The minimum atomic E-state index is -3.48. The highest BCUT2D eigenvalue weighted by Crippen LogP contribution is 2.16. The van der Waals surface area contributed by atoms with Crippen molar-refractivity contribution in [3.63, 3.8) is 0 Å². The minimum Gasteiger partial charge on any atom is -0.309 e. The number of aromatic amines is 1. The first kappa shape index (κ1) is 20.7. The van der Waals surface area contributed by atoms with Crippen molar-refractivity contribution in [3.8, 4) is 0 Å². The van der Waals surface area contributed by atoms with Crippen LogP contribution >= 0.6 is 11.6 Å². The fourth-order valence-electron chi connectivity index (χ4n) is 3.40. The van der Waals surface area contributed by atoms with Gasteiger partial charge in [-0.1, -0.05) is 41.9 Å². The van der Waals surface area contributed by atoms with Crippen LogP contribution in [0.15, 0.2) is 58.7 Å². The lowest BCUT2D eigenvalue weighted by Crippen LogP contribution is -2.47. The van der Waals surface area contributed by atoms with Gasteiger partial charge in [0.2, 0.25) is 10.0 Å². The molecule has 0 atom stereocenters. The van der Waals surface area contributed by atoms with Crippen molar-refractivity contribution in [2.75, 3.05) is 26.2 Å². The normalized spacial score (nSPS) is 16.4. The van der Waals surface area contributed by atoms with Crippen LogP contribution in [-0.4, -0.2) is 53.8 Å². The van der Waals surface area contributed by atoms with Gasteiger partial charge in [0.25, 0.3) is 5.56 Å². The molecule has 0 amide bonds. The number of nitrogens with one attached hydrogen (secondary N) is 1. The van der Waals surface area contributed by atoms with E-state index in [0.717, 1.165) is 5.56 Å². The van der Waals surface area contributed by atoms with E-state index in [2.05, 4.69) is 14.9 Å². The molecule has 30 heavy (non-hydrogen) atoms. The van der Waals surface area contributed by atoms with Crippen molar-refractivity contribution in [2.45, 2.75) is 6.54 Å². The Morgan fingerprint density at radius 2 is 1.80 bits per heavy atom. The molecule has 1 fully saturated rings. The van der Waals surface area contributed by atoms with Crippen LogP contribution in [0.5, 0.6) is 0 Å². The van der Waals surface area contributed by atoms with Crippen LogP contribution < -0.4 is 5.56 Å². The first-order chi connectivity index (χ1) is 14.4. The molecule has 0 saturated carbocycles. The molecule has 0 aliphatic carbocycles. The van der Waals surface area contributed by atoms with E-state index in [1.165, 1.54) is 9.71 Å². The molecule has 1 aliphatic heterocycles. The summed E-state index contributed by atoms with van der Waals surface area (Å²) in [5.41, 5.74) is 1.18. The van der Waals surface area contributed by atoms with E-state index >= 15 is 0 Å². The summed E-state index contributed by atoms with van der Waals surface area (Å²) in [6.07, 6.45) is 1.61. The molecule has 0 unspecified atom stereocenters. The lowest BCUT2D eigenvalue weighted by Gasteiger charge is -2.32. The van der Waals surface area contributed by atoms with Gasteiger partial charge in [-0.2, -0.15) is 4.31 Å². The van der Waals surface area contributed by atoms with Crippen LogP contribution in [0.25, 0.3) is 17.0 Å². The van der Waals surface area contributed by atoms with Crippen molar-refractivity contribution in [3.05, 3.63) is 80.7 Å². The van der Waals surface area contributed by atoms with E-state index < -0.39 is 10.0 Å². The van der Waals surface area contributed by atoms with Crippen LogP contribution in [0.3, 0.4) is 0 Å². The Balaban J connectivity index is 1.40. The van der Waals surface area contributed by atoms with Crippen LogP contribution in [0.1, 0.15) is 11.4 Å². The van der Waals surface area contributed by atoms with E-state index in [4.69, 9.17) is 11.6 Å². The highest BCUT2D eigenvalue weighted by molar-refractivity contribution is 7.92. The number of sulfonamides is 1. The third kappa shape index (κ3) is 4.79. The quantitative estimate of drug-likeness (QED) is 0.653. The van der Waals surface area contributed by atoms with E-state index in [0.29, 0.717) is 54.5 Å². The fraction of sp³-hybridized carbons (Fsp3) is 0.238. The highest BCUT2D eigenvalue weighted by atomic mass is 35.5. The Morgan fingerprint density at radius 3 is 2.53 bits per heavy atom. The molecule has 2 heterocycles. The summed E-state index contributed by atoms with van der Waals surface area (Å²) in [5.74, 6) is 0.537. The Hall–Kier alpha value is -2.52. The molecule has 9 heteroatoms. The van der Waals surface area contributed by atoms with Crippen molar-refractivity contribution in [1.29, 1.82) is 0 Å². The topological polar surface area (TPSA) is 86.4 Å². The molecule has 1 aromatic heterocycles. The van der Waals surface area contributed by atoms with Crippen molar-refractivity contribution >= 4 is 38.6 Å². The van der Waals surface area contributed by atoms with Crippen LogP contribution in [0.4, 0.5) is 0 Å². The first-order valence-corrected chi connectivity index (χ1v) is 11.4. The summed E-state index contributed by atoms with van der Waals surface area (Å²) in [7, 11) is -3.48. The van der Waals surface area contributed by atoms with Crippen molar-refractivity contribution < 1.29 is 8.42 Å². The Kier molecular flexibility index (Phi) is 6.01. The van der Waals surface area contributed by atoms with Gasteiger partial charge < -0.3 is 4.98 Å². The maximum Gasteiger partial charge on any atom is 0.258 e. The van der Waals surface area contributed by atoms with Gasteiger partial charge in [-0.3, -0.25) is 9.69 Å².